The van der Waals surface area contributed by atoms with Crippen LogP contribution in [0.5, 0.6) is 0 Å². The summed E-state index contributed by atoms with van der Waals surface area (Å²) < 4.78 is 27.3. The van der Waals surface area contributed by atoms with Crippen LogP contribution in [0.25, 0.3) is 0 Å². The molecule has 2 heterocycles. The second-order valence-electron chi connectivity index (χ2n) is 6.80. The summed E-state index contributed by atoms with van der Waals surface area (Å²) in [5.74, 6) is -1.07. The fourth-order valence-corrected chi connectivity index (χ4v) is 3.83. The number of aliphatic hydroxyl groups is 1. The van der Waals surface area contributed by atoms with Gasteiger partial charge in [-0.15, -0.1) is 0 Å². The van der Waals surface area contributed by atoms with E-state index in [1.54, 1.807) is 4.90 Å². The standard InChI is InChI=1S/C18H25F2N3O2/c1-2-17(14-4-3-12(19)9-15(14)20)22-5-7-23(8-6-22)18(25)16-10-13(24)11-21-16/h3-4,9,13,16-17,21,24H,2,5-8,10-11H2,1H3. The predicted molar refractivity (Wildman–Crippen MR) is 90.0 cm³/mol. The first-order chi connectivity index (χ1) is 12.0. The molecule has 7 heteroatoms. The minimum absolute atomic E-state index is 0.0252. The summed E-state index contributed by atoms with van der Waals surface area (Å²) in [5.41, 5.74) is 0.504. The number of amides is 1. The number of carbonyl (C=O) groups excluding carboxylic acids is 1. The molecular weight excluding hydrogens is 328 g/mol. The van der Waals surface area contributed by atoms with Crippen LogP contribution in [-0.2, 0) is 4.79 Å². The van der Waals surface area contributed by atoms with Gasteiger partial charge in [0.25, 0.3) is 0 Å². The quantitative estimate of drug-likeness (QED) is 0.856. The summed E-state index contributed by atoms with van der Waals surface area (Å²) >= 11 is 0. The molecule has 3 rings (SSSR count). The van der Waals surface area contributed by atoms with Crippen LogP contribution in [-0.4, -0.2) is 65.7 Å². The van der Waals surface area contributed by atoms with E-state index in [1.165, 1.54) is 12.1 Å². The van der Waals surface area contributed by atoms with E-state index in [4.69, 9.17) is 0 Å². The third kappa shape index (κ3) is 3.99. The number of nitrogens with one attached hydrogen (secondary N) is 1. The number of benzene rings is 1. The zero-order chi connectivity index (χ0) is 18.0. The Morgan fingerprint density at radius 3 is 2.60 bits per heavy atom. The Bertz CT molecular complexity index is 620. The maximum Gasteiger partial charge on any atom is 0.239 e. The number of aliphatic hydroxyl groups excluding tert-OH is 1. The van der Waals surface area contributed by atoms with Crippen molar-refractivity contribution in [1.29, 1.82) is 0 Å². The molecule has 2 aliphatic heterocycles. The number of β-amino-alcohol motifs (C(OH)–C–C–N with tert-alkyl or cyclic N) is 1. The lowest BCUT2D eigenvalue weighted by atomic mass is 10.0. The number of rotatable bonds is 4. The van der Waals surface area contributed by atoms with E-state index in [-0.39, 0.29) is 18.0 Å². The molecule has 1 aromatic carbocycles. The molecular formula is C18H25F2N3O2. The molecule has 0 spiro atoms. The highest BCUT2D eigenvalue weighted by Crippen LogP contribution is 2.28. The second kappa shape index (κ2) is 7.76. The minimum atomic E-state index is -0.572. The first-order valence-electron chi connectivity index (χ1n) is 8.88. The second-order valence-corrected chi connectivity index (χ2v) is 6.80. The zero-order valence-corrected chi connectivity index (χ0v) is 14.4. The highest BCUT2D eigenvalue weighted by Gasteiger charge is 2.34. The average molecular weight is 353 g/mol. The van der Waals surface area contributed by atoms with E-state index in [2.05, 4.69) is 10.2 Å². The van der Waals surface area contributed by atoms with E-state index >= 15 is 0 Å². The smallest absolute Gasteiger partial charge is 0.239 e. The van der Waals surface area contributed by atoms with Gasteiger partial charge in [0.15, 0.2) is 0 Å². The van der Waals surface area contributed by atoms with Crippen LogP contribution in [0.4, 0.5) is 8.78 Å². The number of hydrogen-bond donors (Lipinski definition) is 2. The molecule has 5 nitrogen and oxygen atoms in total. The van der Waals surface area contributed by atoms with Gasteiger partial charge < -0.3 is 15.3 Å². The van der Waals surface area contributed by atoms with Crippen molar-refractivity contribution in [1.82, 2.24) is 15.1 Å². The van der Waals surface area contributed by atoms with Crippen molar-refractivity contribution in [2.45, 2.75) is 38.0 Å². The summed E-state index contributed by atoms with van der Waals surface area (Å²) in [6.07, 6.45) is 0.714. The van der Waals surface area contributed by atoms with Crippen LogP contribution in [0.1, 0.15) is 31.4 Å². The van der Waals surface area contributed by atoms with Crippen LogP contribution in [0, 0.1) is 11.6 Å². The maximum atomic E-state index is 14.1. The number of hydrogen-bond acceptors (Lipinski definition) is 4. The van der Waals surface area contributed by atoms with Crippen LogP contribution >= 0.6 is 0 Å². The third-order valence-electron chi connectivity index (χ3n) is 5.18. The van der Waals surface area contributed by atoms with Crippen LogP contribution in [0.15, 0.2) is 18.2 Å². The van der Waals surface area contributed by atoms with E-state index in [9.17, 15) is 18.7 Å². The molecule has 2 N–H and O–H groups in total. The molecule has 3 unspecified atom stereocenters. The van der Waals surface area contributed by atoms with Gasteiger partial charge in [-0.05, 0) is 18.9 Å². The van der Waals surface area contributed by atoms with Gasteiger partial charge >= 0.3 is 0 Å². The Morgan fingerprint density at radius 2 is 2.04 bits per heavy atom. The molecule has 25 heavy (non-hydrogen) atoms. The molecule has 2 aliphatic rings. The monoisotopic (exact) mass is 353 g/mol. The highest BCUT2D eigenvalue weighted by molar-refractivity contribution is 5.82. The zero-order valence-electron chi connectivity index (χ0n) is 14.4. The summed E-state index contributed by atoms with van der Waals surface area (Å²) in [6, 6.07) is 3.30. The van der Waals surface area contributed by atoms with Gasteiger partial charge in [-0.3, -0.25) is 9.69 Å². The lowest BCUT2D eigenvalue weighted by Gasteiger charge is -2.40. The van der Waals surface area contributed by atoms with Gasteiger partial charge in [0.1, 0.15) is 11.6 Å². The summed E-state index contributed by atoms with van der Waals surface area (Å²) in [6.45, 7) is 4.89. The first-order valence-corrected chi connectivity index (χ1v) is 8.88. The number of nitrogens with zero attached hydrogens (tertiary/aromatic N) is 2. The summed E-state index contributed by atoms with van der Waals surface area (Å²) in [7, 11) is 0. The topological polar surface area (TPSA) is 55.8 Å². The highest BCUT2D eigenvalue weighted by atomic mass is 19.1. The molecule has 138 valence electrons. The van der Waals surface area contributed by atoms with Crippen molar-refractivity contribution in [2.75, 3.05) is 32.7 Å². The average Bonchev–Trinajstić information content (AvgIpc) is 3.04. The SMILES string of the molecule is CCC(c1ccc(F)cc1F)N1CCN(C(=O)C2CC(O)CN2)CC1. The van der Waals surface area contributed by atoms with E-state index in [0.717, 1.165) is 6.07 Å². The fourth-order valence-electron chi connectivity index (χ4n) is 3.83. The van der Waals surface area contributed by atoms with Crippen molar-refractivity contribution in [3.8, 4) is 0 Å². The largest absolute Gasteiger partial charge is 0.392 e. The Balaban J connectivity index is 1.61. The maximum absolute atomic E-state index is 14.1. The van der Waals surface area contributed by atoms with E-state index in [1.807, 2.05) is 6.92 Å². The number of piperazine rings is 1. The molecule has 1 amide bonds. The van der Waals surface area contributed by atoms with Crippen molar-refractivity contribution >= 4 is 5.91 Å². The summed E-state index contributed by atoms with van der Waals surface area (Å²) in [4.78, 5) is 16.4. The van der Waals surface area contributed by atoms with Crippen molar-refractivity contribution in [3.63, 3.8) is 0 Å². The number of carbonyl (C=O) groups is 1. The molecule has 0 aliphatic carbocycles. The Hall–Kier alpha value is -1.57. The molecule has 0 radical (unpaired) electrons. The van der Waals surface area contributed by atoms with Gasteiger partial charge in [0, 0.05) is 50.4 Å². The molecule has 0 saturated carbocycles. The van der Waals surface area contributed by atoms with Gasteiger partial charge in [0.05, 0.1) is 12.1 Å². The van der Waals surface area contributed by atoms with E-state index in [0.29, 0.717) is 51.1 Å². The predicted octanol–water partition coefficient (Wildman–Crippen LogP) is 1.28. The lowest BCUT2D eigenvalue weighted by Crippen LogP contribution is -2.53. The Morgan fingerprint density at radius 1 is 1.32 bits per heavy atom. The van der Waals surface area contributed by atoms with Crippen LogP contribution < -0.4 is 5.32 Å². The van der Waals surface area contributed by atoms with Gasteiger partial charge in [0.2, 0.25) is 5.91 Å². The van der Waals surface area contributed by atoms with Crippen molar-refractivity contribution in [2.24, 2.45) is 0 Å². The molecule has 2 fully saturated rings. The summed E-state index contributed by atoms with van der Waals surface area (Å²) in [5, 5.41) is 12.6. The molecule has 2 saturated heterocycles. The minimum Gasteiger partial charge on any atom is -0.392 e. The Kier molecular flexibility index (Phi) is 5.66. The molecule has 1 aromatic rings. The normalized spacial score (nSPS) is 26.0. The molecule has 3 atom stereocenters. The molecule has 0 aromatic heterocycles. The van der Waals surface area contributed by atoms with Crippen LogP contribution in [0.3, 0.4) is 0 Å². The van der Waals surface area contributed by atoms with Gasteiger partial charge in [-0.1, -0.05) is 13.0 Å². The Labute approximate surface area is 146 Å². The fraction of sp³-hybridized carbons (Fsp3) is 0.611. The lowest BCUT2D eigenvalue weighted by molar-refractivity contribution is -0.135. The number of halogens is 2. The third-order valence-corrected chi connectivity index (χ3v) is 5.18. The van der Waals surface area contributed by atoms with Crippen molar-refractivity contribution < 1.29 is 18.7 Å². The first kappa shape index (κ1) is 18.2. The van der Waals surface area contributed by atoms with Crippen LogP contribution in [0.2, 0.25) is 0 Å². The van der Waals surface area contributed by atoms with E-state index < -0.39 is 17.7 Å². The van der Waals surface area contributed by atoms with Gasteiger partial charge in [-0.25, -0.2) is 8.78 Å². The van der Waals surface area contributed by atoms with Gasteiger partial charge in [-0.2, -0.15) is 0 Å². The molecule has 0 bridgehead atoms. The van der Waals surface area contributed by atoms with Crippen molar-refractivity contribution in [3.05, 3.63) is 35.4 Å².